The Morgan fingerprint density at radius 3 is 3.00 bits per heavy atom. The maximum atomic E-state index is 11.9. The molecule has 1 aromatic rings. The topological polar surface area (TPSA) is 56.1 Å². The van der Waals surface area contributed by atoms with Gasteiger partial charge in [-0.1, -0.05) is 19.9 Å². The molecule has 2 unspecified atom stereocenters. The number of carbonyl (C=O) groups is 1. The average molecular weight is 291 g/mol. The predicted molar refractivity (Wildman–Crippen MR) is 80.5 cm³/mol. The van der Waals surface area contributed by atoms with Gasteiger partial charge in [0.05, 0.1) is 12.6 Å². The first-order valence-electron chi connectivity index (χ1n) is 7.03. The maximum absolute atomic E-state index is 11.9. The van der Waals surface area contributed by atoms with Crippen LogP contribution in [0.4, 0.5) is 0 Å². The van der Waals surface area contributed by atoms with Gasteiger partial charge in [0.15, 0.2) is 0 Å². The summed E-state index contributed by atoms with van der Waals surface area (Å²) in [5.41, 5.74) is 0. The van der Waals surface area contributed by atoms with Crippen LogP contribution in [0.5, 0.6) is 0 Å². The summed E-state index contributed by atoms with van der Waals surface area (Å²) in [4.78, 5) is 15.4. The zero-order chi connectivity index (χ0) is 14.5. The molecule has 1 saturated heterocycles. The van der Waals surface area contributed by atoms with Gasteiger partial charge in [-0.15, -0.1) is 11.3 Å². The molecule has 1 fully saturated rings. The number of amides is 1. The maximum Gasteiger partial charge on any atom is 0.222 e. The van der Waals surface area contributed by atoms with Gasteiger partial charge in [0.1, 0.15) is 0 Å². The van der Waals surface area contributed by atoms with Crippen molar-refractivity contribution in [1.29, 1.82) is 5.26 Å². The highest BCUT2D eigenvalue weighted by Crippen LogP contribution is 2.30. The summed E-state index contributed by atoms with van der Waals surface area (Å²) in [5, 5.41) is 14.1. The third-order valence-corrected chi connectivity index (χ3v) is 4.67. The molecule has 0 aliphatic carbocycles. The second-order valence-corrected chi connectivity index (χ2v) is 6.64. The summed E-state index contributed by atoms with van der Waals surface area (Å²) >= 11 is 1.75. The van der Waals surface area contributed by atoms with Gasteiger partial charge in [-0.3, -0.25) is 9.69 Å². The van der Waals surface area contributed by atoms with Crippen molar-refractivity contribution in [3.8, 4) is 6.07 Å². The van der Waals surface area contributed by atoms with E-state index in [9.17, 15) is 4.79 Å². The van der Waals surface area contributed by atoms with E-state index >= 15 is 0 Å². The molecule has 1 aromatic heterocycles. The number of hydrogen-bond acceptors (Lipinski definition) is 4. The van der Waals surface area contributed by atoms with E-state index in [0.717, 1.165) is 19.5 Å². The second kappa shape index (κ2) is 6.87. The molecule has 1 N–H and O–H groups in total. The first-order chi connectivity index (χ1) is 9.60. The van der Waals surface area contributed by atoms with Gasteiger partial charge in [-0.05, 0) is 17.9 Å². The van der Waals surface area contributed by atoms with Gasteiger partial charge < -0.3 is 5.32 Å². The second-order valence-electron chi connectivity index (χ2n) is 5.66. The van der Waals surface area contributed by atoms with Crippen LogP contribution in [0, 0.1) is 17.2 Å². The summed E-state index contributed by atoms with van der Waals surface area (Å²) in [6.07, 6.45) is 0.959. The van der Waals surface area contributed by atoms with Crippen molar-refractivity contribution in [3.63, 3.8) is 0 Å². The highest BCUT2D eigenvalue weighted by Gasteiger charge is 2.29. The smallest absolute Gasteiger partial charge is 0.222 e. The minimum absolute atomic E-state index is 0.00142. The number of nitriles is 1. The van der Waals surface area contributed by atoms with Crippen LogP contribution >= 0.6 is 11.3 Å². The van der Waals surface area contributed by atoms with Crippen LogP contribution in [0.2, 0.25) is 0 Å². The van der Waals surface area contributed by atoms with Gasteiger partial charge >= 0.3 is 0 Å². The molecule has 0 saturated carbocycles. The lowest BCUT2D eigenvalue weighted by Gasteiger charge is -2.36. The number of nitrogens with one attached hydrogen (secondary N) is 1. The fourth-order valence-electron chi connectivity index (χ4n) is 2.62. The van der Waals surface area contributed by atoms with Gasteiger partial charge in [0.2, 0.25) is 5.91 Å². The largest absolute Gasteiger partial charge is 0.352 e. The van der Waals surface area contributed by atoms with E-state index < -0.39 is 0 Å². The number of carbonyl (C=O) groups excluding carboxylic acids is 1. The molecule has 20 heavy (non-hydrogen) atoms. The van der Waals surface area contributed by atoms with Crippen LogP contribution in [-0.2, 0) is 4.79 Å². The molecule has 0 spiro atoms. The van der Waals surface area contributed by atoms with Gasteiger partial charge in [-0.2, -0.15) is 5.26 Å². The summed E-state index contributed by atoms with van der Waals surface area (Å²) in [6.45, 7) is 5.91. The Bertz CT molecular complexity index is 478. The van der Waals surface area contributed by atoms with Crippen molar-refractivity contribution in [1.82, 2.24) is 10.2 Å². The molecule has 1 aliphatic heterocycles. The highest BCUT2D eigenvalue weighted by atomic mass is 32.1. The van der Waals surface area contributed by atoms with Crippen molar-refractivity contribution in [2.75, 3.05) is 19.6 Å². The normalized spacial score (nSPS) is 23.5. The van der Waals surface area contributed by atoms with Gasteiger partial charge in [-0.25, -0.2) is 0 Å². The zero-order valence-electron chi connectivity index (χ0n) is 12.0. The molecule has 2 rings (SSSR count). The monoisotopic (exact) mass is 291 g/mol. The molecule has 1 amide bonds. The van der Waals surface area contributed by atoms with E-state index in [0.29, 0.717) is 12.5 Å². The summed E-state index contributed by atoms with van der Waals surface area (Å²) in [5.74, 6) is 0.509. The lowest BCUT2D eigenvalue weighted by molar-refractivity contribution is -0.125. The number of likely N-dealkylation sites (tertiary alicyclic amines) is 1. The van der Waals surface area contributed by atoms with Crippen molar-refractivity contribution in [3.05, 3.63) is 22.4 Å². The minimum Gasteiger partial charge on any atom is -0.352 e. The molecule has 0 aromatic carbocycles. The molecule has 108 valence electrons. The van der Waals surface area contributed by atoms with Crippen LogP contribution in [0.1, 0.15) is 31.1 Å². The van der Waals surface area contributed by atoms with Crippen LogP contribution in [0.15, 0.2) is 17.5 Å². The van der Waals surface area contributed by atoms with Gasteiger partial charge in [0, 0.05) is 35.8 Å². The van der Waals surface area contributed by atoms with Crippen LogP contribution in [-0.4, -0.2) is 36.5 Å². The Morgan fingerprint density at radius 1 is 1.60 bits per heavy atom. The number of nitrogens with zero attached hydrogens (tertiary/aromatic N) is 2. The molecule has 2 atom stereocenters. The van der Waals surface area contributed by atoms with E-state index in [1.54, 1.807) is 11.3 Å². The Morgan fingerprint density at radius 2 is 2.40 bits per heavy atom. The number of hydrogen-bond donors (Lipinski definition) is 1. The zero-order valence-corrected chi connectivity index (χ0v) is 12.8. The quantitative estimate of drug-likeness (QED) is 0.865. The van der Waals surface area contributed by atoms with Crippen molar-refractivity contribution < 1.29 is 4.79 Å². The minimum atomic E-state index is 0.00142. The van der Waals surface area contributed by atoms with E-state index in [-0.39, 0.29) is 17.9 Å². The molecule has 1 aliphatic rings. The van der Waals surface area contributed by atoms with Crippen LogP contribution < -0.4 is 5.32 Å². The molecule has 0 bridgehead atoms. The third-order valence-electron chi connectivity index (χ3n) is 3.64. The Balaban J connectivity index is 2.05. The lowest BCUT2D eigenvalue weighted by Crippen LogP contribution is -2.50. The van der Waals surface area contributed by atoms with E-state index in [1.807, 2.05) is 13.8 Å². The van der Waals surface area contributed by atoms with Crippen LogP contribution in [0.25, 0.3) is 0 Å². The Labute approximate surface area is 124 Å². The third kappa shape index (κ3) is 3.81. The first-order valence-corrected chi connectivity index (χ1v) is 7.91. The number of thiophene rings is 1. The first kappa shape index (κ1) is 15.0. The molecular weight excluding hydrogens is 270 g/mol. The summed E-state index contributed by atoms with van der Waals surface area (Å²) in [7, 11) is 0. The van der Waals surface area contributed by atoms with E-state index in [4.69, 9.17) is 5.26 Å². The van der Waals surface area contributed by atoms with Crippen LogP contribution in [0.3, 0.4) is 0 Å². The van der Waals surface area contributed by atoms with E-state index in [1.165, 1.54) is 4.88 Å². The van der Waals surface area contributed by atoms with Crippen molar-refractivity contribution in [2.45, 2.75) is 32.2 Å². The number of rotatable bonds is 4. The highest BCUT2D eigenvalue weighted by molar-refractivity contribution is 7.10. The van der Waals surface area contributed by atoms with Crippen molar-refractivity contribution in [2.24, 2.45) is 5.92 Å². The predicted octanol–water partition coefficient (Wildman–Crippen LogP) is 2.20. The van der Waals surface area contributed by atoms with Gasteiger partial charge in [0.25, 0.3) is 0 Å². The molecule has 0 radical (unpaired) electrons. The molecule has 5 heteroatoms. The standard InChI is InChI=1S/C15H21N3OS/c1-11(2)15(19)17-13-8-12(14-4-3-7-20-14)9-18(10-13)6-5-16/h3-4,7,11-13H,6,8-10H2,1-2H3,(H,17,19). The average Bonchev–Trinajstić information content (AvgIpc) is 2.92. The Kier molecular flexibility index (Phi) is 5.16. The van der Waals surface area contributed by atoms with E-state index in [2.05, 4.69) is 33.8 Å². The Hall–Kier alpha value is -1.38. The fraction of sp³-hybridized carbons (Fsp3) is 0.600. The fourth-order valence-corrected chi connectivity index (χ4v) is 3.46. The molecule has 4 nitrogen and oxygen atoms in total. The number of piperidine rings is 1. The molecular formula is C15H21N3OS. The summed E-state index contributed by atoms with van der Waals surface area (Å²) in [6, 6.07) is 6.56. The SMILES string of the molecule is CC(C)C(=O)NC1CC(c2cccs2)CN(CC#N)C1. The van der Waals surface area contributed by atoms with Crippen molar-refractivity contribution >= 4 is 17.2 Å². The molecule has 2 heterocycles. The summed E-state index contributed by atoms with van der Waals surface area (Å²) < 4.78 is 0. The lowest BCUT2D eigenvalue weighted by atomic mass is 9.92.